The SMILES string of the molecule is O=C(Nc1ccc(N2CCN(C(C(=O)Nc3ccccc3)c3ccccc3)CC2)cc1)c1ccccc1-c1ccccc1. The van der Waals surface area contributed by atoms with Crippen LogP contribution in [0.25, 0.3) is 11.1 Å². The van der Waals surface area contributed by atoms with E-state index in [0.29, 0.717) is 5.56 Å². The summed E-state index contributed by atoms with van der Waals surface area (Å²) < 4.78 is 0. The van der Waals surface area contributed by atoms with Gasteiger partial charge in [-0.15, -0.1) is 0 Å². The molecule has 0 saturated carbocycles. The highest BCUT2D eigenvalue weighted by Crippen LogP contribution is 2.28. The summed E-state index contributed by atoms with van der Waals surface area (Å²) in [4.78, 5) is 31.3. The van der Waals surface area contributed by atoms with Crippen molar-refractivity contribution in [2.45, 2.75) is 6.04 Å². The summed E-state index contributed by atoms with van der Waals surface area (Å²) in [6.45, 7) is 3.07. The lowest BCUT2D eigenvalue weighted by Gasteiger charge is -2.39. The summed E-state index contributed by atoms with van der Waals surface area (Å²) in [5, 5.41) is 6.16. The maximum absolute atomic E-state index is 13.5. The van der Waals surface area contributed by atoms with E-state index in [-0.39, 0.29) is 17.9 Å². The molecule has 2 N–H and O–H groups in total. The van der Waals surface area contributed by atoms with Crippen LogP contribution in [0.5, 0.6) is 0 Å². The van der Waals surface area contributed by atoms with E-state index in [0.717, 1.165) is 59.9 Å². The number of anilines is 3. The van der Waals surface area contributed by atoms with Gasteiger partial charge in [0.05, 0.1) is 0 Å². The second-order valence-corrected chi connectivity index (χ2v) is 10.6. The van der Waals surface area contributed by atoms with E-state index < -0.39 is 0 Å². The van der Waals surface area contributed by atoms with Crippen LogP contribution in [0.15, 0.2) is 140 Å². The van der Waals surface area contributed by atoms with Crippen LogP contribution in [0.3, 0.4) is 0 Å². The minimum Gasteiger partial charge on any atom is -0.369 e. The van der Waals surface area contributed by atoms with Crippen LogP contribution in [0, 0.1) is 0 Å². The Labute approximate surface area is 252 Å². The average Bonchev–Trinajstić information content (AvgIpc) is 3.07. The minimum atomic E-state index is -0.375. The number of hydrogen-bond donors (Lipinski definition) is 2. The zero-order chi connectivity index (χ0) is 29.4. The number of rotatable bonds is 8. The first-order chi connectivity index (χ1) is 21.2. The smallest absolute Gasteiger partial charge is 0.256 e. The Hall–Kier alpha value is -5.20. The van der Waals surface area contributed by atoms with Crippen LogP contribution in [-0.4, -0.2) is 42.9 Å². The zero-order valence-electron chi connectivity index (χ0n) is 23.9. The standard InChI is InChI=1S/C37H34N4O2/c42-36(34-19-11-10-18-33(34)28-12-4-1-5-13-28)38-31-20-22-32(23-21-31)40-24-26-41(27-25-40)35(29-14-6-2-7-15-29)37(43)39-30-16-8-3-9-17-30/h1-23,35H,24-27H2,(H,38,42)(H,39,43). The fraction of sp³-hybridized carbons (Fsp3) is 0.135. The Morgan fingerprint density at radius 2 is 1.12 bits per heavy atom. The lowest BCUT2D eigenvalue weighted by atomic mass is 9.99. The van der Waals surface area contributed by atoms with Crippen molar-refractivity contribution in [2.24, 2.45) is 0 Å². The third kappa shape index (κ3) is 6.66. The van der Waals surface area contributed by atoms with Gasteiger partial charge in [0, 0.05) is 48.8 Å². The van der Waals surface area contributed by atoms with Gasteiger partial charge in [0.25, 0.3) is 5.91 Å². The Morgan fingerprint density at radius 1 is 0.558 bits per heavy atom. The summed E-state index contributed by atoms with van der Waals surface area (Å²) in [5.74, 6) is -0.165. The van der Waals surface area contributed by atoms with Crippen molar-refractivity contribution in [1.82, 2.24) is 4.90 Å². The molecule has 5 aromatic carbocycles. The second kappa shape index (κ2) is 13.2. The van der Waals surface area contributed by atoms with E-state index in [1.807, 2.05) is 140 Å². The van der Waals surface area contributed by atoms with Gasteiger partial charge in [0.1, 0.15) is 6.04 Å². The molecule has 1 unspecified atom stereocenters. The molecule has 1 aliphatic heterocycles. The van der Waals surface area contributed by atoms with Crippen molar-refractivity contribution in [3.8, 4) is 11.1 Å². The third-order valence-corrected chi connectivity index (χ3v) is 7.83. The third-order valence-electron chi connectivity index (χ3n) is 7.83. The van der Waals surface area contributed by atoms with Crippen molar-refractivity contribution in [3.05, 3.63) is 151 Å². The van der Waals surface area contributed by atoms with E-state index in [4.69, 9.17) is 0 Å². The lowest BCUT2D eigenvalue weighted by molar-refractivity contribution is -0.121. The Balaban J connectivity index is 1.10. The van der Waals surface area contributed by atoms with E-state index in [1.54, 1.807) is 0 Å². The molecule has 1 fully saturated rings. The maximum Gasteiger partial charge on any atom is 0.256 e. The van der Waals surface area contributed by atoms with E-state index in [9.17, 15) is 9.59 Å². The Kier molecular flexibility index (Phi) is 8.57. The Morgan fingerprint density at radius 3 is 1.79 bits per heavy atom. The summed E-state index contributed by atoms with van der Waals surface area (Å²) in [7, 11) is 0. The number of carbonyl (C=O) groups is 2. The molecule has 6 rings (SSSR count). The molecule has 6 heteroatoms. The molecule has 1 atom stereocenters. The molecule has 214 valence electrons. The van der Waals surface area contributed by atoms with Gasteiger partial charge in [-0.2, -0.15) is 0 Å². The second-order valence-electron chi connectivity index (χ2n) is 10.6. The van der Waals surface area contributed by atoms with E-state index in [2.05, 4.69) is 20.4 Å². The summed E-state index contributed by atoms with van der Waals surface area (Å²) in [6.07, 6.45) is 0. The molecule has 1 heterocycles. The molecule has 0 aromatic heterocycles. The van der Waals surface area contributed by atoms with Crippen LogP contribution in [0.2, 0.25) is 0 Å². The number of carbonyl (C=O) groups excluding carboxylic acids is 2. The number of hydrogen-bond acceptors (Lipinski definition) is 4. The first-order valence-electron chi connectivity index (χ1n) is 14.6. The zero-order valence-corrected chi connectivity index (χ0v) is 23.9. The molecular formula is C37H34N4O2. The van der Waals surface area contributed by atoms with Crippen molar-refractivity contribution in [1.29, 1.82) is 0 Å². The molecule has 0 aliphatic carbocycles. The van der Waals surface area contributed by atoms with Gasteiger partial charge in [0.15, 0.2) is 0 Å². The topological polar surface area (TPSA) is 64.7 Å². The maximum atomic E-state index is 13.5. The average molecular weight is 567 g/mol. The number of piperazine rings is 1. The molecule has 6 nitrogen and oxygen atoms in total. The Bertz CT molecular complexity index is 1650. The van der Waals surface area contributed by atoms with E-state index in [1.165, 1.54) is 0 Å². The summed E-state index contributed by atoms with van der Waals surface area (Å²) in [5.41, 5.74) is 6.17. The predicted octanol–water partition coefficient (Wildman–Crippen LogP) is 7.11. The molecule has 1 aliphatic rings. The van der Waals surface area contributed by atoms with Gasteiger partial charge in [-0.25, -0.2) is 0 Å². The molecule has 43 heavy (non-hydrogen) atoms. The van der Waals surface area contributed by atoms with Crippen LogP contribution in [0.4, 0.5) is 17.1 Å². The fourth-order valence-electron chi connectivity index (χ4n) is 5.64. The molecule has 2 amide bonds. The van der Waals surface area contributed by atoms with Crippen LogP contribution >= 0.6 is 0 Å². The van der Waals surface area contributed by atoms with Crippen LogP contribution in [0.1, 0.15) is 22.0 Å². The number of nitrogens with one attached hydrogen (secondary N) is 2. The van der Waals surface area contributed by atoms with Gasteiger partial charge in [0.2, 0.25) is 5.91 Å². The van der Waals surface area contributed by atoms with Crippen molar-refractivity contribution < 1.29 is 9.59 Å². The number of nitrogens with zero attached hydrogens (tertiary/aromatic N) is 2. The molecular weight excluding hydrogens is 532 g/mol. The molecule has 5 aromatic rings. The monoisotopic (exact) mass is 566 g/mol. The van der Waals surface area contributed by atoms with Gasteiger partial charge < -0.3 is 15.5 Å². The highest BCUT2D eigenvalue weighted by Gasteiger charge is 2.30. The number of amides is 2. The van der Waals surface area contributed by atoms with Crippen molar-refractivity contribution in [3.63, 3.8) is 0 Å². The van der Waals surface area contributed by atoms with E-state index >= 15 is 0 Å². The van der Waals surface area contributed by atoms with Gasteiger partial charge in [-0.3, -0.25) is 14.5 Å². The van der Waals surface area contributed by atoms with Crippen LogP contribution in [-0.2, 0) is 4.79 Å². The lowest BCUT2D eigenvalue weighted by Crippen LogP contribution is -2.50. The summed E-state index contributed by atoms with van der Waals surface area (Å²) in [6, 6.07) is 44.8. The first kappa shape index (κ1) is 27.9. The summed E-state index contributed by atoms with van der Waals surface area (Å²) >= 11 is 0. The fourth-order valence-corrected chi connectivity index (χ4v) is 5.64. The highest BCUT2D eigenvalue weighted by molar-refractivity contribution is 6.08. The van der Waals surface area contributed by atoms with Gasteiger partial charge in [-0.1, -0.05) is 97.1 Å². The number of para-hydroxylation sites is 1. The van der Waals surface area contributed by atoms with Gasteiger partial charge >= 0.3 is 0 Å². The quantitative estimate of drug-likeness (QED) is 0.210. The predicted molar refractivity (Wildman–Crippen MR) is 174 cm³/mol. The van der Waals surface area contributed by atoms with Crippen LogP contribution < -0.4 is 15.5 Å². The molecule has 0 spiro atoms. The molecule has 0 bridgehead atoms. The molecule has 0 radical (unpaired) electrons. The van der Waals surface area contributed by atoms with Crippen molar-refractivity contribution in [2.75, 3.05) is 41.7 Å². The van der Waals surface area contributed by atoms with Crippen molar-refractivity contribution >= 4 is 28.9 Å². The molecule has 1 saturated heterocycles. The normalized spacial score (nSPS) is 14.1. The largest absolute Gasteiger partial charge is 0.369 e. The first-order valence-corrected chi connectivity index (χ1v) is 14.6. The highest BCUT2D eigenvalue weighted by atomic mass is 16.2. The van der Waals surface area contributed by atoms with Gasteiger partial charge in [-0.05, 0) is 59.2 Å². The minimum absolute atomic E-state index is 0.0280. The number of benzene rings is 5.